The van der Waals surface area contributed by atoms with Crippen LogP contribution >= 0.6 is 0 Å². The van der Waals surface area contributed by atoms with Gasteiger partial charge in [-0.15, -0.1) is 0 Å². The van der Waals surface area contributed by atoms with Crippen LogP contribution in [0.4, 0.5) is 4.79 Å². The normalized spacial score (nSPS) is 24.2. The fourth-order valence-corrected chi connectivity index (χ4v) is 5.16. The van der Waals surface area contributed by atoms with Crippen LogP contribution in [-0.2, 0) is 23.9 Å². The number of unbranched alkanes of at least 4 members (excludes halogenated alkanes) is 1. The van der Waals surface area contributed by atoms with Gasteiger partial charge in [0.1, 0.15) is 17.7 Å². The smallest absolute Gasteiger partial charge is 0.408 e. The Morgan fingerprint density at radius 1 is 1.06 bits per heavy atom. The van der Waals surface area contributed by atoms with E-state index in [-0.39, 0.29) is 29.6 Å². The number of alkyl carbamates (subject to hydrolysis) is 1. The van der Waals surface area contributed by atoms with Gasteiger partial charge in [0.2, 0.25) is 17.6 Å². The molecule has 2 rings (SSSR count). The molecule has 1 heterocycles. The van der Waals surface area contributed by atoms with Gasteiger partial charge < -0.3 is 26.0 Å². The summed E-state index contributed by atoms with van der Waals surface area (Å²) in [5.41, 5.74) is 3.66. The molecule has 4 N–H and O–H groups in total. The van der Waals surface area contributed by atoms with Crippen molar-refractivity contribution < 1.29 is 28.7 Å². The van der Waals surface area contributed by atoms with E-state index < -0.39 is 52.8 Å². The van der Waals surface area contributed by atoms with Crippen molar-refractivity contribution in [2.45, 2.75) is 105 Å². The Morgan fingerprint density at radius 3 is 2.11 bits per heavy atom. The summed E-state index contributed by atoms with van der Waals surface area (Å²) in [6, 6.07) is -2.80. The zero-order valence-corrected chi connectivity index (χ0v) is 23.2. The number of rotatable bonds is 9. The van der Waals surface area contributed by atoms with Crippen molar-refractivity contribution in [3.8, 4) is 0 Å². The van der Waals surface area contributed by atoms with Gasteiger partial charge in [-0.25, -0.2) is 4.79 Å². The number of nitrogens with one attached hydrogen (secondary N) is 2. The van der Waals surface area contributed by atoms with Crippen molar-refractivity contribution in [1.82, 2.24) is 15.5 Å². The number of nitrogens with zero attached hydrogens (tertiary/aromatic N) is 1. The fraction of sp³-hybridized carbons (Fsp3) is 0.808. The highest BCUT2D eigenvalue weighted by molar-refractivity contribution is 6.37. The van der Waals surface area contributed by atoms with E-state index in [9.17, 15) is 24.0 Å². The molecule has 0 bridgehead atoms. The maximum atomic E-state index is 13.8. The summed E-state index contributed by atoms with van der Waals surface area (Å²) in [4.78, 5) is 65.4. The predicted molar refractivity (Wildman–Crippen MR) is 135 cm³/mol. The van der Waals surface area contributed by atoms with Crippen LogP contribution in [0, 0.1) is 22.7 Å². The second kappa shape index (κ2) is 10.4. The standard InChI is InChI=1S/C26H44N4O6/c1-10-11-12-15(18(31)20(27)32)28-21(33)17-16-14(26(16,8)9)13-30(17)22(34)19(24(2,3)4)29-23(35)36-25(5,6)7/h14-17,19H,10-13H2,1-9H3,(H2,27,32)(H,28,33)(H,29,35). The lowest BCUT2D eigenvalue weighted by Crippen LogP contribution is -2.60. The Hall–Kier alpha value is -2.65. The van der Waals surface area contributed by atoms with Crippen LogP contribution in [0.1, 0.15) is 81.6 Å². The third-order valence-electron chi connectivity index (χ3n) is 7.26. The molecule has 0 spiro atoms. The maximum Gasteiger partial charge on any atom is 0.408 e. The highest BCUT2D eigenvalue weighted by Crippen LogP contribution is 2.65. The van der Waals surface area contributed by atoms with Crippen LogP contribution in [0.15, 0.2) is 0 Å². The van der Waals surface area contributed by atoms with E-state index in [2.05, 4.69) is 10.6 Å². The number of hydrogen-bond acceptors (Lipinski definition) is 6. The van der Waals surface area contributed by atoms with E-state index in [4.69, 9.17) is 10.5 Å². The zero-order valence-electron chi connectivity index (χ0n) is 23.2. The first-order chi connectivity index (χ1) is 16.3. The lowest BCUT2D eigenvalue weighted by atomic mass is 9.85. The second-order valence-corrected chi connectivity index (χ2v) is 12.8. The molecule has 0 aromatic heterocycles. The van der Waals surface area contributed by atoms with E-state index in [1.807, 2.05) is 41.5 Å². The van der Waals surface area contributed by atoms with E-state index in [0.717, 1.165) is 6.42 Å². The Labute approximate surface area is 214 Å². The molecule has 10 heteroatoms. The van der Waals surface area contributed by atoms with Crippen molar-refractivity contribution in [2.75, 3.05) is 6.54 Å². The molecule has 1 saturated carbocycles. The van der Waals surface area contributed by atoms with Gasteiger partial charge in [0.25, 0.3) is 5.91 Å². The van der Waals surface area contributed by atoms with Gasteiger partial charge in [-0.05, 0) is 49.9 Å². The number of Topliss-reactive ketones (excluding diaryl/α,β-unsaturated/α-hetero) is 1. The molecule has 10 nitrogen and oxygen atoms in total. The summed E-state index contributed by atoms with van der Waals surface area (Å²) in [6.45, 7) is 17.1. The average Bonchev–Trinajstić information content (AvgIpc) is 3.07. The number of carbonyl (C=O) groups excluding carboxylic acids is 5. The minimum Gasteiger partial charge on any atom is -0.444 e. The van der Waals surface area contributed by atoms with Crippen LogP contribution in [-0.4, -0.2) is 64.8 Å². The van der Waals surface area contributed by atoms with Gasteiger partial charge in [0.05, 0.1) is 6.04 Å². The van der Waals surface area contributed by atoms with Crippen molar-refractivity contribution in [2.24, 2.45) is 28.4 Å². The van der Waals surface area contributed by atoms with Crippen molar-refractivity contribution in [3.63, 3.8) is 0 Å². The predicted octanol–water partition coefficient (Wildman–Crippen LogP) is 2.14. The van der Waals surface area contributed by atoms with Gasteiger partial charge >= 0.3 is 6.09 Å². The maximum absolute atomic E-state index is 13.8. The summed E-state index contributed by atoms with van der Waals surface area (Å²) < 4.78 is 5.37. The average molecular weight is 509 g/mol. The molecule has 0 aromatic carbocycles. The number of carbonyl (C=O) groups is 5. The second-order valence-electron chi connectivity index (χ2n) is 12.8. The van der Waals surface area contributed by atoms with Crippen LogP contribution < -0.4 is 16.4 Å². The first-order valence-corrected chi connectivity index (χ1v) is 12.8. The summed E-state index contributed by atoms with van der Waals surface area (Å²) in [7, 11) is 0. The molecule has 36 heavy (non-hydrogen) atoms. The van der Waals surface area contributed by atoms with Gasteiger partial charge in [0.15, 0.2) is 0 Å². The van der Waals surface area contributed by atoms with Crippen molar-refractivity contribution in [1.29, 1.82) is 0 Å². The molecule has 4 amide bonds. The first kappa shape index (κ1) is 29.6. The van der Waals surface area contributed by atoms with Crippen LogP contribution in [0.2, 0.25) is 0 Å². The summed E-state index contributed by atoms with van der Waals surface area (Å²) >= 11 is 0. The molecule has 2 fully saturated rings. The van der Waals surface area contributed by atoms with Crippen molar-refractivity contribution in [3.05, 3.63) is 0 Å². The first-order valence-electron chi connectivity index (χ1n) is 12.8. The van der Waals surface area contributed by atoms with Gasteiger partial charge in [-0.2, -0.15) is 0 Å². The van der Waals surface area contributed by atoms with Crippen LogP contribution in [0.25, 0.3) is 0 Å². The Balaban J connectivity index is 2.31. The topological polar surface area (TPSA) is 148 Å². The molecular formula is C26H44N4O6. The highest BCUT2D eigenvalue weighted by Gasteiger charge is 2.69. The molecule has 0 radical (unpaired) electrons. The monoisotopic (exact) mass is 508 g/mol. The lowest BCUT2D eigenvalue weighted by molar-refractivity contribution is -0.145. The SMILES string of the molecule is CCCCC(NC(=O)C1C2C(CN1C(=O)C(NC(=O)OC(C)(C)C)C(C)(C)C)C2(C)C)C(=O)C(N)=O. The quantitative estimate of drug-likeness (QED) is 0.407. The van der Waals surface area contributed by atoms with E-state index in [1.54, 1.807) is 20.8 Å². The number of nitrogens with two attached hydrogens (primary N) is 1. The molecule has 5 atom stereocenters. The molecule has 2 aliphatic rings. The number of likely N-dealkylation sites (tertiary alicyclic amines) is 1. The molecule has 1 aliphatic carbocycles. The largest absolute Gasteiger partial charge is 0.444 e. The highest BCUT2D eigenvalue weighted by atomic mass is 16.6. The number of ether oxygens (including phenoxy) is 1. The van der Waals surface area contributed by atoms with Gasteiger partial charge in [-0.1, -0.05) is 54.4 Å². The number of fused-ring (bicyclic) bond motifs is 1. The van der Waals surface area contributed by atoms with E-state index in [0.29, 0.717) is 13.0 Å². The third kappa shape index (κ3) is 6.56. The molecule has 5 unspecified atom stereocenters. The summed E-state index contributed by atoms with van der Waals surface area (Å²) in [5.74, 6) is -2.81. The van der Waals surface area contributed by atoms with E-state index in [1.165, 1.54) is 4.90 Å². The van der Waals surface area contributed by atoms with Gasteiger partial charge in [-0.3, -0.25) is 19.2 Å². The Kier molecular flexibility index (Phi) is 8.53. The number of amides is 4. The fourth-order valence-electron chi connectivity index (χ4n) is 5.16. The van der Waals surface area contributed by atoms with E-state index >= 15 is 0 Å². The van der Waals surface area contributed by atoms with Gasteiger partial charge in [0, 0.05) is 6.54 Å². The van der Waals surface area contributed by atoms with Crippen LogP contribution in [0.5, 0.6) is 0 Å². The Bertz CT molecular complexity index is 901. The Morgan fingerprint density at radius 2 is 1.64 bits per heavy atom. The minimum absolute atomic E-state index is 0.0981. The molecule has 0 aromatic rings. The molecule has 204 valence electrons. The summed E-state index contributed by atoms with van der Waals surface area (Å²) in [5, 5.41) is 5.41. The zero-order chi connectivity index (χ0) is 27.8. The molecular weight excluding hydrogens is 464 g/mol. The number of piperidine rings is 1. The number of ketones is 1. The van der Waals surface area contributed by atoms with Crippen LogP contribution in [0.3, 0.4) is 0 Å². The number of primary amides is 1. The third-order valence-corrected chi connectivity index (χ3v) is 7.26. The van der Waals surface area contributed by atoms with Crippen molar-refractivity contribution >= 4 is 29.6 Å². The molecule has 1 aliphatic heterocycles. The summed E-state index contributed by atoms with van der Waals surface area (Å²) in [6.07, 6.45) is 0.967. The number of hydrogen-bond donors (Lipinski definition) is 3. The lowest BCUT2D eigenvalue weighted by Gasteiger charge is -2.38. The minimum atomic E-state index is -1.10. The molecule has 1 saturated heterocycles.